The highest BCUT2D eigenvalue weighted by Gasteiger charge is 2.21. The summed E-state index contributed by atoms with van der Waals surface area (Å²) in [5, 5.41) is 9.35. The Labute approximate surface area is 122 Å². The van der Waals surface area contributed by atoms with Crippen LogP contribution in [0, 0.1) is 5.82 Å². The molecular formula is C15H17FN4O. The van der Waals surface area contributed by atoms with Gasteiger partial charge in [-0.25, -0.2) is 14.4 Å². The molecule has 5 nitrogen and oxygen atoms in total. The molecule has 0 atom stereocenters. The van der Waals surface area contributed by atoms with E-state index in [1.54, 1.807) is 6.20 Å². The van der Waals surface area contributed by atoms with E-state index in [0.29, 0.717) is 11.4 Å². The van der Waals surface area contributed by atoms with E-state index >= 15 is 0 Å². The van der Waals surface area contributed by atoms with Gasteiger partial charge in [0.05, 0.1) is 12.8 Å². The zero-order chi connectivity index (χ0) is 14.7. The molecule has 1 aliphatic rings. The van der Waals surface area contributed by atoms with Crippen molar-refractivity contribution < 1.29 is 9.50 Å². The Kier molecular flexibility index (Phi) is 3.96. The molecule has 2 aromatic heterocycles. The quantitative estimate of drug-likeness (QED) is 0.926. The molecule has 2 aromatic rings. The molecule has 3 heterocycles. The highest BCUT2D eigenvalue weighted by Crippen LogP contribution is 2.21. The van der Waals surface area contributed by atoms with E-state index in [9.17, 15) is 9.50 Å². The second-order valence-electron chi connectivity index (χ2n) is 4.96. The largest absolute Gasteiger partial charge is 0.392 e. The summed E-state index contributed by atoms with van der Waals surface area (Å²) < 4.78 is 13.2. The van der Waals surface area contributed by atoms with E-state index in [2.05, 4.69) is 19.8 Å². The zero-order valence-electron chi connectivity index (χ0n) is 11.6. The summed E-state index contributed by atoms with van der Waals surface area (Å²) in [6, 6.07) is 7.20. The fourth-order valence-electron chi connectivity index (χ4n) is 2.56. The Morgan fingerprint density at radius 2 is 1.86 bits per heavy atom. The first-order valence-electron chi connectivity index (χ1n) is 6.94. The third-order valence-corrected chi connectivity index (χ3v) is 3.63. The van der Waals surface area contributed by atoms with E-state index in [-0.39, 0.29) is 6.61 Å². The first-order valence-corrected chi connectivity index (χ1v) is 6.94. The van der Waals surface area contributed by atoms with Crippen molar-refractivity contribution in [2.45, 2.75) is 6.61 Å². The molecule has 1 aliphatic heterocycles. The van der Waals surface area contributed by atoms with Crippen LogP contribution in [-0.4, -0.2) is 41.3 Å². The Morgan fingerprint density at radius 3 is 2.52 bits per heavy atom. The van der Waals surface area contributed by atoms with Crippen molar-refractivity contribution in [2.24, 2.45) is 0 Å². The summed E-state index contributed by atoms with van der Waals surface area (Å²) in [6.07, 6.45) is 2.98. The molecular weight excluding hydrogens is 271 g/mol. The summed E-state index contributed by atoms with van der Waals surface area (Å²) in [7, 11) is 0. The second kappa shape index (κ2) is 6.05. The number of hydrogen-bond acceptors (Lipinski definition) is 5. The highest BCUT2D eigenvalue weighted by molar-refractivity contribution is 5.49. The smallest absolute Gasteiger partial charge is 0.142 e. The first-order chi connectivity index (χ1) is 10.3. The molecule has 3 rings (SSSR count). The van der Waals surface area contributed by atoms with Crippen LogP contribution >= 0.6 is 0 Å². The fourth-order valence-corrected chi connectivity index (χ4v) is 2.56. The monoisotopic (exact) mass is 288 g/mol. The van der Waals surface area contributed by atoms with Gasteiger partial charge in [-0.05, 0) is 18.2 Å². The second-order valence-corrected chi connectivity index (χ2v) is 4.96. The number of anilines is 2. The van der Waals surface area contributed by atoms with Gasteiger partial charge in [0, 0.05) is 37.9 Å². The number of rotatable bonds is 3. The predicted molar refractivity (Wildman–Crippen MR) is 78.8 cm³/mol. The summed E-state index contributed by atoms with van der Waals surface area (Å²) >= 11 is 0. The summed E-state index contributed by atoms with van der Waals surface area (Å²) in [6.45, 7) is 2.97. The van der Waals surface area contributed by atoms with Crippen LogP contribution in [0.2, 0.25) is 0 Å². The SMILES string of the molecule is OCc1cc(F)cnc1N1CCN(c2ccccn2)CC1. The van der Waals surface area contributed by atoms with Gasteiger partial charge in [0.2, 0.25) is 0 Å². The molecule has 0 saturated carbocycles. The Hall–Kier alpha value is -2.21. The minimum absolute atomic E-state index is 0.208. The standard InChI is InChI=1S/C15H17FN4O/c16-13-9-12(11-21)15(18-10-13)20-7-5-19(6-8-20)14-3-1-2-4-17-14/h1-4,9-10,21H,5-8,11H2. The molecule has 21 heavy (non-hydrogen) atoms. The minimum Gasteiger partial charge on any atom is -0.392 e. The van der Waals surface area contributed by atoms with Crippen LogP contribution in [0.4, 0.5) is 16.0 Å². The molecule has 0 bridgehead atoms. The molecule has 1 N–H and O–H groups in total. The fraction of sp³-hybridized carbons (Fsp3) is 0.333. The molecule has 0 aliphatic carbocycles. The maximum Gasteiger partial charge on any atom is 0.142 e. The predicted octanol–water partition coefficient (Wildman–Crippen LogP) is 1.43. The zero-order valence-corrected chi connectivity index (χ0v) is 11.6. The van der Waals surface area contributed by atoms with Crippen molar-refractivity contribution in [2.75, 3.05) is 36.0 Å². The molecule has 0 unspecified atom stereocenters. The van der Waals surface area contributed by atoms with Gasteiger partial charge in [0.15, 0.2) is 0 Å². The van der Waals surface area contributed by atoms with Crippen LogP contribution in [0.5, 0.6) is 0 Å². The van der Waals surface area contributed by atoms with Crippen LogP contribution in [0.25, 0.3) is 0 Å². The van der Waals surface area contributed by atoms with Crippen molar-refractivity contribution >= 4 is 11.6 Å². The van der Waals surface area contributed by atoms with Crippen molar-refractivity contribution in [3.05, 3.63) is 48.0 Å². The number of halogens is 1. The van der Waals surface area contributed by atoms with Crippen molar-refractivity contribution in [3.63, 3.8) is 0 Å². The van der Waals surface area contributed by atoms with E-state index in [0.717, 1.165) is 32.0 Å². The highest BCUT2D eigenvalue weighted by atomic mass is 19.1. The third kappa shape index (κ3) is 2.95. The van der Waals surface area contributed by atoms with Crippen molar-refractivity contribution in [1.82, 2.24) is 9.97 Å². The molecule has 0 spiro atoms. The van der Waals surface area contributed by atoms with Gasteiger partial charge < -0.3 is 14.9 Å². The molecule has 0 aromatic carbocycles. The number of piperazine rings is 1. The van der Waals surface area contributed by atoms with Gasteiger partial charge in [-0.3, -0.25) is 0 Å². The van der Waals surface area contributed by atoms with Gasteiger partial charge in [0.25, 0.3) is 0 Å². The van der Waals surface area contributed by atoms with Crippen LogP contribution in [0.15, 0.2) is 36.7 Å². The number of hydrogen-bond donors (Lipinski definition) is 1. The van der Waals surface area contributed by atoms with E-state index in [1.807, 2.05) is 18.2 Å². The van der Waals surface area contributed by atoms with Crippen LogP contribution in [-0.2, 0) is 6.61 Å². The number of aliphatic hydroxyl groups is 1. The molecule has 1 fully saturated rings. The lowest BCUT2D eigenvalue weighted by Gasteiger charge is -2.36. The lowest BCUT2D eigenvalue weighted by atomic mass is 10.2. The molecule has 6 heteroatoms. The number of aliphatic hydroxyl groups excluding tert-OH is 1. The van der Waals surface area contributed by atoms with Crippen molar-refractivity contribution in [3.8, 4) is 0 Å². The maximum atomic E-state index is 13.2. The molecule has 0 radical (unpaired) electrons. The van der Waals surface area contributed by atoms with Crippen molar-refractivity contribution in [1.29, 1.82) is 0 Å². The molecule has 0 amide bonds. The number of pyridine rings is 2. The number of aromatic nitrogens is 2. The molecule has 1 saturated heterocycles. The van der Waals surface area contributed by atoms with Gasteiger partial charge in [-0.2, -0.15) is 0 Å². The first kappa shape index (κ1) is 13.8. The van der Waals surface area contributed by atoms with Gasteiger partial charge >= 0.3 is 0 Å². The lowest BCUT2D eigenvalue weighted by Crippen LogP contribution is -2.47. The van der Waals surface area contributed by atoms with Crippen LogP contribution in [0.1, 0.15) is 5.56 Å². The van der Waals surface area contributed by atoms with E-state index in [4.69, 9.17) is 0 Å². The Bertz CT molecular complexity index is 600. The summed E-state index contributed by atoms with van der Waals surface area (Å²) in [5.41, 5.74) is 0.529. The lowest BCUT2D eigenvalue weighted by molar-refractivity contribution is 0.281. The van der Waals surface area contributed by atoms with Crippen LogP contribution in [0.3, 0.4) is 0 Å². The maximum absolute atomic E-state index is 13.2. The molecule has 110 valence electrons. The van der Waals surface area contributed by atoms with E-state index in [1.165, 1.54) is 12.3 Å². The van der Waals surface area contributed by atoms with Gasteiger partial charge in [0.1, 0.15) is 17.5 Å². The topological polar surface area (TPSA) is 52.5 Å². The Morgan fingerprint density at radius 1 is 1.10 bits per heavy atom. The normalized spacial score (nSPS) is 15.3. The minimum atomic E-state index is -0.421. The Balaban J connectivity index is 1.71. The van der Waals surface area contributed by atoms with E-state index < -0.39 is 5.82 Å². The average molecular weight is 288 g/mol. The van der Waals surface area contributed by atoms with Gasteiger partial charge in [-0.15, -0.1) is 0 Å². The van der Waals surface area contributed by atoms with Crippen LogP contribution < -0.4 is 9.80 Å². The van der Waals surface area contributed by atoms with Gasteiger partial charge in [-0.1, -0.05) is 6.07 Å². The number of nitrogens with zero attached hydrogens (tertiary/aromatic N) is 4. The summed E-state index contributed by atoms with van der Waals surface area (Å²) in [5.74, 6) is 1.21. The summed E-state index contributed by atoms with van der Waals surface area (Å²) in [4.78, 5) is 12.8. The third-order valence-electron chi connectivity index (χ3n) is 3.63. The average Bonchev–Trinajstić information content (AvgIpc) is 2.56.